The minimum Gasteiger partial charge on any atom is -0.477 e. The number of carboxylic acid groups (broad SMARTS) is 1. The van der Waals surface area contributed by atoms with Crippen LogP contribution in [0.15, 0.2) is 28.9 Å². The van der Waals surface area contributed by atoms with Gasteiger partial charge in [-0.3, -0.25) is 0 Å². The molecule has 0 atom stereocenters. The fraction of sp³-hybridized carbons (Fsp3) is 0. The summed E-state index contributed by atoms with van der Waals surface area (Å²) < 4.78 is 29.3. The zero-order valence-corrected chi connectivity index (χ0v) is 12.4. The van der Waals surface area contributed by atoms with E-state index in [4.69, 9.17) is 5.11 Å². The smallest absolute Gasteiger partial charge is 0.352 e. The average molecular weight is 428 g/mol. The Morgan fingerprint density at radius 3 is 2.33 bits per heavy atom. The Morgan fingerprint density at radius 2 is 1.83 bits per heavy atom. The molecule has 1 aromatic carbocycles. The second-order valence-corrected chi connectivity index (χ2v) is 5.60. The van der Waals surface area contributed by atoms with Gasteiger partial charge in [0.25, 0.3) is 0 Å². The van der Waals surface area contributed by atoms with Crippen molar-refractivity contribution in [1.82, 2.24) is 4.57 Å². The van der Waals surface area contributed by atoms with Crippen LogP contribution in [0.5, 0.6) is 0 Å². The van der Waals surface area contributed by atoms with Crippen LogP contribution < -0.4 is 0 Å². The van der Waals surface area contributed by atoms with Gasteiger partial charge in [-0.1, -0.05) is 15.9 Å². The van der Waals surface area contributed by atoms with Crippen LogP contribution in [0.1, 0.15) is 10.5 Å². The molecule has 2 aromatic rings. The lowest BCUT2D eigenvalue weighted by molar-refractivity contribution is 0.0688. The van der Waals surface area contributed by atoms with Gasteiger partial charge in [0.1, 0.15) is 11.4 Å². The van der Waals surface area contributed by atoms with Crippen LogP contribution in [0.4, 0.5) is 8.78 Å². The van der Waals surface area contributed by atoms with E-state index in [0.717, 1.165) is 16.7 Å². The SMILES string of the molecule is O=C(O)c1cc(I)cn1-c1c(F)cc(Br)cc1F. The first-order valence-electron chi connectivity index (χ1n) is 4.66. The highest BCUT2D eigenvalue weighted by Crippen LogP contribution is 2.25. The van der Waals surface area contributed by atoms with Crippen LogP contribution in [0.2, 0.25) is 0 Å². The standard InChI is InChI=1S/C11H5BrF2INO2/c12-5-1-7(13)10(8(14)2-5)16-4-6(15)3-9(16)11(17)18/h1-4H,(H,17,18). The van der Waals surface area contributed by atoms with Crippen molar-refractivity contribution in [3.8, 4) is 5.69 Å². The third-order valence-corrected chi connectivity index (χ3v) is 3.28. The molecule has 0 radical (unpaired) electrons. The van der Waals surface area contributed by atoms with Crippen LogP contribution >= 0.6 is 38.5 Å². The van der Waals surface area contributed by atoms with Gasteiger partial charge < -0.3 is 9.67 Å². The van der Waals surface area contributed by atoms with Gasteiger partial charge in [0, 0.05) is 14.2 Å². The van der Waals surface area contributed by atoms with E-state index in [1.165, 1.54) is 12.3 Å². The molecule has 0 amide bonds. The monoisotopic (exact) mass is 427 g/mol. The first-order chi connectivity index (χ1) is 8.40. The molecule has 2 rings (SSSR count). The first-order valence-corrected chi connectivity index (χ1v) is 6.53. The lowest BCUT2D eigenvalue weighted by Gasteiger charge is -2.09. The summed E-state index contributed by atoms with van der Waals surface area (Å²) in [4.78, 5) is 11.0. The normalized spacial score (nSPS) is 10.7. The van der Waals surface area contributed by atoms with Gasteiger partial charge in [0.15, 0.2) is 11.6 Å². The number of hydrogen-bond acceptors (Lipinski definition) is 1. The van der Waals surface area contributed by atoms with Crippen LogP contribution in [0, 0.1) is 15.2 Å². The van der Waals surface area contributed by atoms with Crippen molar-refractivity contribution in [2.75, 3.05) is 0 Å². The molecule has 18 heavy (non-hydrogen) atoms. The van der Waals surface area contributed by atoms with Crippen LogP contribution in [-0.4, -0.2) is 15.6 Å². The zero-order chi connectivity index (χ0) is 13.4. The molecule has 0 saturated carbocycles. The number of nitrogens with zero attached hydrogens (tertiary/aromatic N) is 1. The molecular formula is C11H5BrF2INO2. The largest absolute Gasteiger partial charge is 0.477 e. The summed E-state index contributed by atoms with van der Waals surface area (Å²) in [5.74, 6) is -2.92. The molecule has 3 nitrogen and oxygen atoms in total. The lowest BCUT2D eigenvalue weighted by Crippen LogP contribution is -2.09. The second-order valence-electron chi connectivity index (χ2n) is 3.44. The Bertz CT molecular complexity index is 619. The summed E-state index contributed by atoms with van der Waals surface area (Å²) in [6.07, 6.45) is 1.36. The molecule has 1 aromatic heterocycles. The summed E-state index contributed by atoms with van der Waals surface area (Å²) in [6, 6.07) is 3.50. The number of halogens is 4. The van der Waals surface area contributed by atoms with Gasteiger partial charge in [-0.15, -0.1) is 0 Å². The van der Waals surface area contributed by atoms with E-state index in [1.54, 1.807) is 0 Å². The van der Waals surface area contributed by atoms with E-state index in [0.29, 0.717) is 3.57 Å². The fourth-order valence-corrected chi connectivity index (χ4v) is 2.52. The molecule has 0 aliphatic rings. The van der Waals surface area contributed by atoms with Crippen molar-refractivity contribution >= 4 is 44.5 Å². The molecule has 1 heterocycles. The van der Waals surface area contributed by atoms with Crippen LogP contribution in [-0.2, 0) is 0 Å². The molecule has 7 heteroatoms. The van der Waals surface area contributed by atoms with Crippen molar-refractivity contribution in [3.05, 3.63) is 49.8 Å². The number of benzene rings is 1. The zero-order valence-electron chi connectivity index (χ0n) is 8.62. The molecule has 0 saturated heterocycles. The molecule has 1 N–H and O–H groups in total. The number of hydrogen-bond donors (Lipinski definition) is 1. The molecular weight excluding hydrogens is 423 g/mol. The van der Waals surface area contributed by atoms with E-state index < -0.39 is 23.3 Å². The van der Waals surface area contributed by atoms with Crippen LogP contribution in [0.3, 0.4) is 0 Å². The molecule has 0 unspecified atom stereocenters. The van der Waals surface area contributed by atoms with E-state index in [2.05, 4.69) is 15.9 Å². The van der Waals surface area contributed by atoms with Crippen LogP contribution in [0.25, 0.3) is 5.69 Å². The Morgan fingerprint density at radius 1 is 1.28 bits per heavy atom. The molecule has 0 aliphatic carbocycles. The Balaban J connectivity index is 2.73. The summed E-state index contributed by atoms with van der Waals surface area (Å²) in [5, 5.41) is 9.00. The highest BCUT2D eigenvalue weighted by molar-refractivity contribution is 14.1. The molecule has 0 spiro atoms. The molecule has 94 valence electrons. The van der Waals surface area contributed by atoms with Crippen molar-refractivity contribution in [2.24, 2.45) is 0 Å². The van der Waals surface area contributed by atoms with Crippen molar-refractivity contribution in [2.45, 2.75) is 0 Å². The number of carboxylic acids is 1. The summed E-state index contributed by atoms with van der Waals surface area (Å²) in [6.45, 7) is 0. The summed E-state index contributed by atoms with van der Waals surface area (Å²) in [5.41, 5.74) is -0.599. The van der Waals surface area contributed by atoms with Gasteiger partial charge in [-0.2, -0.15) is 0 Å². The fourth-order valence-electron chi connectivity index (χ4n) is 1.54. The van der Waals surface area contributed by atoms with Crippen molar-refractivity contribution < 1.29 is 18.7 Å². The highest BCUT2D eigenvalue weighted by atomic mass is 127. The van der Waals surface area contributed by atoms with E-state index >= 15 is 0 Å². The first kappa shape index (κ1) is 13.5. The maximum Gasteiger partial charge on any atom is 0.352 e. The third kappa shape index (κ3) is 2.41. The molecule has 0 aliphatic heterocycles. The predicted molar refractivity (Wildman–Crippen MR) is 73.1 cm³/mol. The lowest BCUT2D eigenvalue weighted by atomic mass is 10.2. The molecule has 0 bridgehead atoms. The van der Waals surface area contributed by atoms with Crippen molar-refractivity contribution in [3.63, 3.8) is 0 Å². The highest BCUT2D eigenvalue weighted by Gasteiger charge is 2.19. The predicted octanol–water partition coefficient (Wildman–Crippen LogP) is 3.82. The van der Waals surface area contributed by atoms with E-state index in [1.807, 2.05) is 22.6 Å². The van der Waals surface area contributed by atoms with Gasteiger partial charge in [0.2, 0.25) is 0 Å². The van der Waals surface area contributed by atoms with E-state index in [9.17, 15) is 13.6 Å². The van der Waals surface area contributed by atoms with Gasteiger partial charge >= 0.3 is 5.97 Å². The minimum atomic E-state index is -1.25. The second kappa shape index (κ2) is 4.96. The number of carbonyl (C=O) groups is 1. The Labute approximate surface area is 123 Å². The number of aromatic nitrogens is 1. The number of rotatable bonds is 2. The third-order valence-electron chi connectivity index (χ3n) is 2.23. The van der Waals surface area contributed by atoms with Crippen molar-refractivity contribution in [1.29, 1.82) is 0 Å². The summed E-state index contributed by atoms with van der Waals surface area (Å²) >= 11 is 4.84. The maximum absolute atomic E-state index is 13.8. The van der Waals surface area contributed by atoms with Gasteiger partial charge in [0.05, 0.1) is 0 Å². The average Bonchev–Trinajstić information content (AvgIpc) is 2.58. The Hall–Kier alpha value is -0.960. The number of aromatic carboxylic acids is 1. The van der Waals surface area contributed by atoms with E-state index in [-0.39, 0.29) is 10.2 Å². The van der Waals surface area contributed by atoms with Gasteiger partial charge in [-0.25, -0.2) is 13.6 Å². The quantitative estimate of drug-likeness (QED) is 0.740. The summed E-state index contributed by atoms with van der Waals surface area (Å²) in [7, 11) is 0. The minimum absolute atomic E-state index is 0.195. The van der Waals surface area contributed by atoms with Gasteiger partial charge in [-0.05, 0) is 40.8 Å². The maximum atomic E-state index is 13.8. The topological polar surface area (TPSA) is 42.2 Å². The Kier molecular flexibility index (Phi) is 3.71. The molecule has 0 fully saturated rings.